The Labute approximate surface area is 67.9 Å². The maximum Gasteiger partial charge on any atom is 0.148 e. The Morgan fingerprint density at radius 2 is 2.09 bits per heavy atom. The van der Waals surface area contributed by atoms with E-state index in [-0.39, 0.29) is 11.8 Å². The second-order valence-electron chi connectivity index (χ2n) is 3.53. The highest BCUT2D eigenvalue weighted by atomic mass is 32.2. The van der Waals surface area contributed by atoms with Gasteiger partial charge < -0.3 is 5.73 Å². The van der Waals surface area contributed by atoms with Gasteiger partial charge in [-0.2, -0.15) is 0 Å². The van der Waals surface area contributed by atoms with Crippen LogP contribution in [0.3, 0.4) is 0 Å². The molecule has 0 aromatic carbocycles. The van der Waals surface area contributed by atoms with Gasteiger partial charge in [-0.25, -0.2) is 8.42 Å². The second kappa shape index (κ2) is 3.11. The van der Waals surface area contributed by atoms with E-state index in [0.717, 1.165) is 6.42 Å². The molecule has 3 nitrogen and oxygen atoms in total. The molecule has 1 aliphatic carbocycles. The molecule has 0 heterocycles. The van der Waals surface area contributed by atoms with Crippen LogP contribution in [0.15, 0.2) is 0 Å². The van der Waals surface area contributed by atoms with E-state index in [4.69, 9.17) is 5.73 Å². The lowest BCUT2D eigenvalue weighted by Gasteiger charge is -2.07. The van der Waals surface area contributed by atoms with Crippen molar-refractivity contribution in [3.8, 4) is 0 Å². The van der Waals surface area contributed by atoms with Gasteiger partial charge in [0, 0.05) is 12.3 Å². The Morgan fingerprint density at radius 3 is 2.45 bits per heavy atom. The number of nitrogens with two attached hydrogens (primary N) is 1. The zero-order valence-corrected chi connectivity index (χ0v) is 7.60. The quantitative estimate of drug-likeness (QED) is 0.665. The average molecular weight is 177 g/mol. The number of sulfone groups is 1. The van der Waals surface area contributed by atoms with E-state index in [1.807, 2.05) is 0 Å². The van der Waals surface area contributed by atoms with Gasteiger partial charge in [0.15, 0.2) is 0 Å². The van der Waals surface area contributed by atoms with Crippen LogP contribution in [0, 0.1) is 5.92 Å². The van der Waals surface area contributed by atoms with Gasteiger partial charge in [0.25, 0.3) is 0 Å². The van der Waals surface area contributed by atoms with Crippen molar-refractivity contribution >= 4 is 9.84 Å². The zero-order chi connectivity index (χ0) is 8.48. The van der Waals surface area contributed by atoms with Gasteiger partial charge in [-0.05, 0) is 12.3 Å². The number of rotatable bonds is 4. The molecule has 11 heavy (non-hydrogen) atoms. The Hall–Kier alpha value is -0.0900. The third kappa shape index (κ3) is 4.37. The molecule has 1 rings (SSSR count). The van der Waals surface area contributed by atoms with Crippen LogP contribution in [0.1, 0.15) is 19.3 Å². The smallest absolute Gasteiger partial charge is 0.148 e. The Kier molecular flexibility index (Phi) is 2.54. The second-order valence-corrected chi connectivity index (χ2v) is 5.72. The van der Waals surface area contributed by atoms with E-state index in [1.165, 1.54) is 19.1 Å². The van der Waals surface area contributed by atoms with Gasteiger partial charge in [0.1, 0.15) is 9.84 Å². The highest BCUT2D eigenvalue weighted by Gasteiger charge is 2.25. The predicted octanol–water partition coefficient (Wildman–Crippen LogP) is 0.158. The first-order valence-electron chi connectivity index (χ1n) is 3.90. The van der Waals surface area contributed by atoms with Crippen molar-refractivity contribution in [1.29, 1.82) is 0 Å². The molecule has 0 bridgehead atoms. The number of hydrogen-bond acceptors (Lipinski definition) is 3. The molecule has 1 atom stereocenters. The van der Waals surface area contributed by atoms with Crippen molar-refractivity contribution in [2.24, 2.45) is 11.7 Å². The van der Waals surface area contributed by atoms with Crippen molar-refractivity contribution in [2.75, 3.05) is 12.0 Å². The molecule has 1 saturated carbocycles. The van der Waals surface area contributed by atoms with Crippen LogP contribution in [-0.2, 0) is 9.84 Å². The number of hydrogen-bond donors (Lipinski definition) is 1. The molecule has 0 aromatic rings. The van der Waals surface area contributed by atoms with Crippen LogP contribution in [0.25, 0.3) is 0 Å². The van der Waals surface area contributed by atoms with E-state index in [1.54, 1.807) is 0 Å². The fourth-order valence-corrected chi connectivity index (χ4v) is 2.15. The standard InChI is InChI=1S/C7H15NO2S/c1-11(9,10)5-7(8)4-6-2-3-6/h6-7H,2-5,8H2,1H3. The van der Waals surface area contributed by atoms with E-state index in [0.29, 0.717) is 5.92 Å². The van der Waals surface area contributed by atoms with Crippen LogP contribution >= 0.6 is 0 Å². The van der Waals surface area contributed by atoms with Crippen molar-refractivity contribution in [2.45, 2.75) is 25.3 Å². The Bertz CT molecular complexity index is 219. The van der Waals surface area contributed by atoms with Gasteiger partial charge in [0.05, 0.1) is 5.75 Å². The summed E-state index contributed by atoms with van der Waals surface area (Å²) < 4.78 is 21.5. The van der Waals surface area contributed by atoms with Crippen LogP contribution in [0.4, 0.5) is 0 Å². The van der Waals surface area contributed by atoms with E-state index >= 15 is 0 Å². The molecule has 0 aliphatic heterocycles. The van der Waals surface area contributed by atoms with Crippen molar-refractivity contribution in [3.05, 3.63) is 0 Å². The van der Waals surface area contributed by atoms with E-state index in [2.05, 4.69) is 0 Å². The molecular formula is C7H15NO2S. The van der Waals surface area contributed by atoms with Gasteiger partial charge >= 0.3 is 0 Å². The summed E-state index contributed by atoms with van der Waals surface area (Å²) in [5, 5.41) is 0. The summed E-state index contributed by atoms with van der Waals surface area (Å²) in [4.78, 5) is 0. The fourth-order valence-electron chi connectivity index (χ4n) is 1.24. The molecule has 0 radical (unpaired) electrons. The van der Waals surface area contributed by atoms with Crippen LogP contribution in [0.2, 0.25) is 0 Å². The SMILES string of the molecule is CS(=O)(=O)CC(N)CC1CC1. The lowest BCUT2D eigenvalue weighted by molar-refractivity contribution is 0.571. The minimum atomic E-state index is -2.87. The molecule has 1 fully saturated rings. The van der Waals surface area contributed by atoms with Gasteiger partial charge in [0.2, 0.25) is 0 Å². The lowest BCUT2D eigenvalue weighted by Crippen LogP contribution is -2.29. The summed E-state index contributed by atoms with van der Waals surface area (Å²) in [5.74, 6) is 0.857. The fraction of sp³-hybridized carbons (Fsp3) is 1.00. The predicted molar refractivity (Wildman–Crippen MR) is 45.0 cm³/mol. The maximum atomic E-state index is 10.8. The Balaban J connectivity index is 2.24. The zero-order valence-electron chi connectivity index (χ0n) is 6.79. The monoisotopic (exact) mass is 177 g/mol. The first-order chi connectivity index (χ1) is 4.97. The highest BCUT2D eigenvalue weighted by Crippen LogP contribution is 2.33. The maximum absolute atomic E-state index is 10.8. The third-order valence-electron chi connectivity index (χ3n) is 1.85. The van der Waals surface area contributed by atoms with E-state index in [9.17, 15) is 8.42 Å². The van der Waals surface area contributed by atoms with Crippen molar-refractivity contribution in [1.82, 2.24) is 0 Å². The largest absolute Gasteiger partial charge is 0.327 e. The minimum Gasteiger partial charge on any atom is -0.327 e. The lowest BCUT2D eigenvalue weighted by atomic mass is 10.2. The first-order valence-corrected chi connectivity index (χ1v) is 5.97. The summed E-state index contributed by atoms with van der Waals surface area (Å²) in [6.45, 7) is 0. The topological polar surface area (TPSA) is 60.2 Å². The van der Waals surface area contributed by atoms with Crippen LogP contribution < -0.4 is 5.73 Å². The van der Waals surface area contributed by atoms with Crippen LogP contribution in [0.5, 0.6) is 0 Å². The van der Waals surface area contributed by atoms with Crippen molar-refractivity contribution < 1.29 is 8.42 Å². The van der Waals surface area contributed by atoms with Crippen LogP contribution in [-0.4, -0.2) is 26.5 Å². The molecule has 0 amide bonds. The van der Waals surface area contributed by atoms with Gasteiger partial charge in [-0.3, -0.25) is 0 Å². The highest BCUT2D eigenvalue weighted by molar-refractivity contribution is 7.90. The summed E-state index contributed by atoms with van der Waals surface area (Å²) >= 11 is 0. The Morgan fingerprint density at radius 1 is 1.55 bits per heavy atom. The molecule has 0 saturated heterocycles. The molecule has 0 aromatic heterocycles. The van der Waals surface area contributed by atoms with E-state index < -0.39 is 9.84 Å². The summed E-state index contributed by atoms with van der Waals surface area (Å²) in [5.41, 5.74) is 5.62. The molecule has 1 unspecified atom stereocenters. The molecule has 2 N–H and O–H groups in total. The molecular weight excluding hydrogens is 162 g/mol. The first kappa shape index (κ1) is 9.00. The molecule has 66 valence electrons. The average Bonchev–Trinajstić information content (AvgIpc) is 2.42. The molecule has 4 heteroatoms. The van der Waals surface area contributed by atoms with Crippen molar-refractivity contribution in [3.63, 3.8) is 0 Å². The minimum absolute atomic E-state index is 0.141. The summed E-state index contributed by atoms with van der Waals surface area (Å²) in [6, 6.07) is -0.141. The third-order valence-corrected chi connectivity index (χ3v) is 2.88. The molecule has 1 aliphatic rings. The summed E-state index contributed by atoms with van der Waals surface area (Å²) in [6.07, 6.45) is 4.59. The summed E-state index contributed by atoms with van der Waals surface area (Å²) in [7, 11) is -2.87. The molecule has 0 spiro atoms. The normalized spacial score (nSPS) is 21.6. The van der Waals surface area contributed by atoms with Gasteiger partial charge in [-0.15, -0.1) is 0 Å². The van der Waals surface area contributed by atoms with Gasteiger partial charge in [-0.1, -0.05) is 12.8 Å².